The zero-order valence-electron chi connectivity index (χ0n) is 9.04. The minimum absolute atomic E-state index is 0.130. The highest BCUT2D eigenvalue weighted by atomic mass is 35.5. The molecule has 2 rings (SSSR count). The maximum atomic E-state index is 10.4. The van der Waals surface area contributed by atoms with Crippen molar-refractivity contribution >= 4 is 23.2 Å². The van der Waals surface area contributed by atoms with Crippen LogP contribution in [0.5, 0.6) is 0 Å². The second kappa shape index (κ2) is 4.53. The quantitative estimate of drug-likeness (QED) is 0.903. The van der Waals surface area contributed by atoms with Crippen molar-refractivity contribution in [3.8, 4) is 0 Å². The van der Waals surface area contributed by atoms with Gasteiger partial charge >= 0.3 is 0 Å². The van der Waals surface area contributed by atoms with E-state index in [9.17, 15) is 5.11 Å². The summed E-state index contributed by atoms with van der Waals surface area (Å²) in [6, 6.07) is 5.33. The van der Waals surface area contributed by atoms with Crippen LogP contribution in [0.1, 0.15) is 25.3 Å². The fraction of sp³-hybridized carbons (Fsp3) is 0.500. The van der Waals surface area contributed by atoms with Gasteiger partial charge in [0.1, 0.15) is 0 Å². The Morgan fingerprint density at radius 1 is 1.44 bits per heavy atom. The first kappa shape index (κ1) is 12.2. The van der Waals surface area contributed by atoms with E-state index >= 15 is 0 Å². The SMILES string of the molecule is CCOC1CC(O)(c2cccc(Cl)c2Cl)C1. The molecule has 0 atom stereocenters. The van der Waals surface area contributed by atoms with Crippen molar-refractivity contribution in [1.82, 2.24) is 0 Å². The fourth-order valence-corrected chi connectivity index (χ4v) is 2.61. The Morgan fingerprint density at radius 2 is 2.12 bits per heavy atom. The first-order valence-corrected chi connectivity index (χ1v) is 6.11. The van der Waals surface area contributed by atoms with E-state index in [1.165, 1.54) is 0 Å². The van der Waals surface area contributed by atoms with Gasteiger partial charge in [0.05, 0.1) is 21.8 Å². The third kappa shape index (κ3) is 2.07. The van der Waals surface area contributed by atoms with Gasteiger partial charge in [-0.25, -0.2) is 0 Å². The van der Waals surface area contributed by atoms with Gasteiger partial charge in [0.15, 0.2) is 0 Å². The van der Waals surface area contributed by atoms with Crippen LogP contribution in [0.15, 0.2) is 18.2 Å². The van der Waals surface area contributed by atoms with Crippen LogP contribution in [0.2, 0.25) is 10.0 Å². The van der Waals surface area contributed by atoms with Crippen LogP contribution in [-0.2, 0) is 10.3 Å². The molecule has 1 aromatic carbocycles. The summed E-state index contributed by atoms with van der Waals surface area (Å²) < 4.78 is 5.43. The Bertz CT molecular complexity index is 387. The minimum atomic E-state index is -0.873. The summed E-state index contributed by atoms with van der Waals surface area (Å²) >= 11 is 12.0. The molecule has 1 fully saturated rings. The number of aliphatic hydroxyl groups is 1. The topological polar surface area (TPSA) is 29.5 Å². The van der Waals surface area contributed by atoms with Crippen molar-refractivity contribution in [1.29, 1.82) is 0 Å². The Hall–Kier alpha value is -0.280. The molecule has 0 aliphatic heterocycles. The summed E-state index contributed by atoms with van der Waals surface area (Å²) in [5.74, 6) is 0. The monoisotopic (exact) mass is 260 g/mol. The summed E-state index contributed by atoms with van der Waals surface area (Å²) in [4.78, 5) is 0. The number of halogens is 2. The lowest BCUT2D eigenvalue weighted by Crippen LogP contribution is -2.46. The molecule has 1 aliphatic rings. The Labute approximate surface area is 105 Å². The van der Waals surface area contributed by atoms with Gasteiger partial charge in [-0.1, -0.05) is 35.3 Å². The molecule has 2 nitrogen and oxygen atoms in total. The molecular formula is C12H14Cl2O2. The number of hydrogen-bond acceptors (Lipinski definition) is 2. The lowest BCUT2D eigenvalue weighted by Gasteiger charge is -2.44. The molecule has 0 spiro atoms. The highest BCUT2D eigenvalue weighted by Gasteiger charge is 2.45. The Morgan fingerprint density at radius 3 is 2.75 bits per heavy atom. The molecule has 0 saturated heterocycles. The van der Waals surface area contributed by atoms with E-state index in [-0.39, 0.29) is 6.10 Å². The zero-order chi connectivity index (χ0) is 11.8. The maximum absolute atomic E-state index is 10.4. The average molecular weight is 261 g/mol. The molecule has 1 aliphatic carbocycles. The van der Waals surface area contributed by atoms with Crippen molar-refractivity contribution in [3.63, 3.8) is 0 Å². The van der Waals surface area contributed by atoms with Gasteiger partial charge in [0.25, 0.3) is 0 Å². The Kier molecular flexibility index (Phi) is 3.45. The Balaban J connectivity index is 2.17. The van der Waals surface area contributed by atoms with Crippen molar-refractivity contribution < 1.29 is 9.84 Å². The van der Waals surface area contributed by atoms with Crippen molar-refractivity contribution in [2.45, 2.75) is 31.5 Å². The van der Waals surface area contributed by atoms with E-state index in [0.29, 0.717) is 35.1 Å². The largest absolute Gasteiger partial charge is 0.385 e. The second-order valence-electron chi connectivity index (χ2n) is 4.12. The molecule has 1 N–H and O–H groups in total. The minimum Gasteiger partial charge on any atom is -0.385 e. The van der Waals surface area contributed by atoms with Gasteiger partial charge in [-0.2, -0.15) is 0 Å². The standard InChI is InChI=1S/C12H14Cl2O2/c1-2-16-8-6-12(15,7-8)9-4-3-5-10(13)11(9)14/h3-5,8,15H,2,6-7H2,1H3. The third-order valence-corrected chi connectivity index (χ3v) is 3.80. The van der Waals surface area contributed by atoms with Crippen LogP contribution in [0, 0.1) is 0 Å². The van der Waals surface area contributed by atoms with Crippen LogP contribution in [-0.4, -0.2) is 17.8 Å². The number of benzene rings is 1. The van der Waals surface area contributed by atoms with Crippen molar-refractivity contribution in [3.05, 3.63) is 33.8 Å². The van der Waals surface area contributed by atoms with Crippen molar-refractivity contribution in [2.75, 3.05) is 6.61 Å². The number of rotatable bonds is 3. The van der Waals surface area contributed by atoms with Gasteiger partial charge in [-0.3, -0.25) is 0 Å². The smallest absolute Gasteiger partial charge is 0.0960 e. The van der Waals surface area contributed by atoms with Gasteiger partial charge in [-0.05, 0) is 13.0 Å². The molecule has 0 radical (unpaired) electrons. The number of ether oxygens (including phenoxy) is 1. The van der Waals surface area contributed by atoms with Crippen LogP contribution in [0.3, 0.4) is 0 Å². The van der Waals surface area contributed by atoms with E-state index in [1.54, 1.807) is 12.1 Å². The molecule has 0 aromatic heterocycles. The molecule has 1 saturated carbocycles. The normalized spacial score (nSPS) is 28.9. The first-order valence-electron chi connectivity index (χ1n) is 5.35. The van der Waals surface area contributed by atoms with E-state index in [2.05, 4.69) is 0 Å². The summed E-state index contributed by atoms with van der Waals surface area (Å²) in [5.41, 5.74) is -0.167. The van der Waals surface area contributed by atoms with Gasteiger partial charge in [0, 0.05) is 25.0 Å². The van der Waals surface area contributed by atoms with Gasteiger partial charge < -0.3 is 9.84 Å². The van der Waals surface area contributed by atoms with E-state index < -0.39 is 5.60 Å². The van der Waals surface area contributed by atoms with Crippen LogP contribution in [0.4, 0.5) is 0 Å². The highest BCUT2D eigenvalue weighted by Crippen LogP contribution is 2.46. The predicted molar refractivity (Wildman–Crippen MR) is 65.0 cm³/mol. The summed E-state index contributed by atoms with van der Waals surface area (Å²) in [6.07, 6.45) is 1.30. The molecule has 4 heteroatoms. The van der Waals surface area contributed by atoms with E-state index in [4.69, 9.17) is 27.9 Å². The van der Waals surface area contributed by atoms with E-state index in [1.807, 2.05) is 13.0 Å². The second-order valence-corrected chi connectivity index (χ2v) is 4.90. The molecular weight excluding hydrogens is 247 g/mol. The molecule has 16 heavy (non-hydrogen) atoms. The first-order chi connectivity index (χ1) is 7.57. The highest BCUT2D eigenvalue weighted by molar-refractivity contribution is 6.42. The summed E-state index contributed by atoms with van der Waals surface area (Å²) in [6.45, 7) is 2.62. The predicted octanol–water partition coefficient (Wildman–Crippen LogP) is 3.38. The number of hydrogen-bond donors (Lipinski definition) is 1. The molecule has 88 valence electrons. The zero-order valence-corrected chi connectivity index (χ0v) is 10.6. The van der Waals surface area contributed by atoms with Gasteiger partial charge in [0.2, 0.25) is 0 Å². The third-order valence-electron chi connectivity index (χ3n) is 2.99. The van der Waals surface area contributed by atoms with Crippen LogP contribution < -0.4 is 0 Å². The van der Waals surface area contributed by atoms with Crippen LogP contribution >= 0.6 is 23.2 Å². The fourth-order valence-electron chi connectivity index (χ4n) is 2.13. The molecule has 1 aromatic rings. The maximum Gasteiger partial charge on any atom is 0.0960 e. The molecule has 0 amide bonds. The molecule has 0 unspecified atom stereocenters. The lowest BCUT2D eigenvalue weighted by atomic mass is 9.73. The molecule has 0 bridgehead atoms. The average Bonchev–Trinajstić information content (AvgIpc) is 2.20. The lowest BCUT2D eigenvalue weighted by molar-refractivity contribution is -0.142. The molecule has 0 heterocycles. The van der Waals surface area contributed by atoms with Crippen LogP contribution in [0.25, 0.3) is 0 Å². The van der Waals surface area contributed by atoms with E-state index in [0.717, 1.165) is 0 Å². The van der Waals surface area contributed by atoms with Gasteiger partial charge in [-0.15, -0.1) is 0 Å². The summed E-state index contributed by atoms with van der Waals surface area (Å²) in [7, 11) is 0. The summed E-state index contributed by atoms with van der Waals surface area (Å²) in [5, 5.41) is 11.3. The van der Waals surface area contributed by atoms with Crippen molar-refractivity contribution in [2.24, 2.45) is 0 Å².